The third kappa shape index (κ3) is 1.80. The van der Waals surface area contributed by atoms with Gasteiger partial charge in [-0.3, -0.25) is 0 Å². The third-order valence-corrected chi connectivity index (χ3v) is 4.59. The van der Waals surface area contributed by atoms with Crippen LogP contribution in [0.3, 0.4) is 0 Å². The summed E-state index contributed by atoms with van der Waals surface area (Å²) in [6.07, 6.45) is 0. The molecule has 0 amide bonds. The molecule has 1 fully saturated rings. The summed E-state index contributed by atoms with van der Waals surface area (Å²) in [4.78, 5) is 0. The molecule has 0 aromatic heterocycles. The van der Waals surface area contributed by atoms with E-state index in [1.54, 1.807) is 6.07 Å². The van der Waals surface area contributed by atoms with Crippen molar-refractivity contribution in [2.75, 3.05) is 11.5 Å². The number of hydrogen-bond donors (Lipinski definition) is 0. The van der Waals surface area contributed by atoms with E-state index in [0.717, 1.165) is 17.1 Å². The molecule has 0 atom stereocenters. The molecule has 4 heteroatoms. The molecule has 1 aromatic carbocycles. The Balaban J connectivity index is 2.41. The van der Waals surface area contributed by atoms with E-state index in [9.17, 15) is 0 Å². The highest BCUT2D eigenvalue weighted by Crippen LogP contribution is 2.41. The highest BCUT2D eigenvalue weighted by molar-refractivity contribution is 8.00. The molecule has 0 unspecified atom stereocenters. The van der Waals surface area contributed by atoms with Crippen molar-refractivity contribution in [3.8, 4) is 0 Å². The van der Waals surface area contributed by atoms with Crippen LogP contribution in [-0.2, 0) is 0 Å². The number of rotatable bonds is 1. The van der Waals surface area contributed by atoms with Crippen LogP contribution < -0.4 is 0 Å². The van der Waals surface area contributed by atoms with Gasteiger partial charge in [-0.1, -0.05) is 34.8 Å². The fraction of sp³-hybridized carbons (Fsp3) is 0.333. The van der Waals surface area contributed by atoms with Gasteiger partial charge in [0.15, 0.2) is 0 Å². The van der Waals surface area contributed by atoms with Crippen molar-refractivity contribution in [2.45, 2.75) is 5.92 Å². The fourth-order valence-corrected chi connectivity index (χ4v) is 2.66. The van der Waals surface area contributed by atoms with Gasteiger partial charge in [-0.15, -0.1) is 0 Å². The fourth-order valence-electron chi connectivity index (χ4n) is 1.19. The van der Waals surface area contributed by atoms with Crippen molar-refractivity contribution < 1.29 is 0 Å². The maximum Gasteiger partial charge on any atom is 0.0781 e. The minimum atomic E-state index is 0.453. The summed E-state index contributed by atoms with van der Waals surface area (Å²) in [6.45, 7) is 0. The standard InChI is InChI=1S/C9H6Cl3S/c10-7-2-1-6(5-3-13-4-5)8(11)9(7)12/h2,5H,3-4H2. The van der Waals surface area contributed by atoms with Crippen LogP contribution >= 0.6 is 46.6 Å². The van der Waals surface area contributed by atoms with Gasteiger partial charge in [-0.05, 0) is 17.7 Å². The van der Waals surface area contributed by atoms with Gasteiger partial charge in [0.05, 0.1) is 15.1 Å². The summed E-state index contributed by atoms with van der Waals surface area (Å²) in [7, 11) is 0. The van der Waals surface area contributed by atoms with Gasteiger partial charge in [0.25, 0.3) is 0 Å². The molecule has 1 aromatic rings. The molecule has 0 bridgehead atoms. The van der Waals surface area contributed by atoms with Gasteiger partial charge >= 0.3 is 0 Å². The van der Waals surface area contributed by atoms with Crippen molar-refractivity contribution >= 4 is 46.6 Å². The molecule has 1 radical (unpaired) electrons. The Morgan fingerprint density at radius 1 is 1.23 bits per heavy atom. The van der Waals surface area contributed by atoms with Gasteiger partial charge in [0.2, 0.25) is 0 Å². The zero-order chi connectivity index (χ0) is 9.42. The average molecular weight is 253 g/mol. The van der Waals surface area contributed by atoms with E-state index in [4.69, 9.17) is 34.8 Å². The summed E-state index contributed by atoms with van der Waals surface area (Å²) in [5, 5.41) is 1.50. The van der Waals surface area contributed by atoms with Crippen molar-refractivity contribution in [2.24, 2.45) is 0 Å². The Labute approximate surface area is 96.6 Å². The van der Waals surface area contributed by atoms with Crippen LogP contribution in [0.15, 0.2) is 6.07 Å². The number of halogens is 3. The topological polar surface area (TPSA) is 0 Å². The van der Waals surface area contributed by atoms with Crippen molar-refractivity contribution in [3.63, 3.8) is 0 Å². The SMILES string of the molecule is Clc1c[c]c(C2CSC2)c(Cl)c1Cl. The predicted octanol–water partition coefficient (Wildman–Crippen LogP) is 4.28. The molecule has 69 valence electrons. The zero-order valence-electron chi connectivity index (χ0n) is 6.61. The maximum atomic E-state index is 6.05. The largest absolute Gasteiger partial charge is 0.161 e. The van der Waals surface area contributed by atoms with Crippen LogP contribution in [0.2, 0.25) is 15.1 Å². The summed E-state index contributed by atoms with van der Waals surface area (Å²) >= 11 is 19.7. The molecule has 0 N–H and O–H groups in total. The second kappa shape index (κ2) is 3.90. The Kier molecular flexibility index (Phi) is 2.99. The molecular formula is C9H6Cl3S. The first-order valence-corrected chi connectivity index (χ1v) is 6.12. The van der Waals surface area contributed by atoms with E-state index in [2.05, 4.69) is 6.07 Å². The van der Waals surface area contributed by atoms with Gasteiger partial charge in [0.1, 0.15) is 0 Å². The number of hydrogen-bond acceptors (Lipinski definition) is 1. The predicted molar refractivity (Wildman–Crippen MR) is 60.4 cm³/mol. The second-order valence-corrected chi connectivity index (χ2v) is 5.15. The van der Waals surface area contributed by atoms with Crippen LogP contribution in [-0.4, -0.2) is 11.5 Å². The molecule has 1 aliphatic heterocycles. The smallest absolute Gasteiger partial charge is 0.0781 e. The lowest BCUT2D eigenvalue weighted by molar-refractivity contribution is 0.848. The van der Waals surface area contributed by atoms with E-state index >= 15 is 0 Å². The number of benzene rings is 1. The first kappa shape index (κ1) is 9.97. The lowest BCUT2D eigenvalue weighted by Gasteiger charge is -2.26. The van der Waals surface area contributed by atoms with E-state index in [-0.39, 0.29) is 0 Å². The molecule has 1 heterocycles. The summed E-state index contributed by atoms with van der Waals surface area (Å²) in [5.74, 6) is 2.72. The minimum absolute atomic E-state index is 0.453. The summed E-state index contributed by atoms with van der Waals surface area (Å²) in [5.41, 5.74) is 1.01. The van der Waals surface area contributed by atoms with Crippen LogP contribution in [0.25, 0.3) is 0 Å². The normalized spacial score (nSPS) is 17.2. The third-order valence-electron chi connectivity index (χ3n) is 2.04. The highest BCUT2D eigenvalue weighted by Gasteiger charge is 2.24. The number of thioether (sulfide) groups is 1. The van der Waals surface area contributed by atoms with Crippen LogP contribution in [0.1, 0.15) is 11.5 Å². The van der Waals surface area contributed by atoms with Gasteiger partial charge in [-0.2, -0.15) is 11.8 Å². The van der Waals surface area contributed by atoms with Crippen LogP contribution in [0.4, 0.5) is 0 Å². The van der Waals surface area contributed by atoms with Crippen molar-refractivity contribution in [3.05, 3.63) is 32.8 Å². The lowest BCUT2D eigenvalue weighted by atomic mass is 10.0. The minimum Gasteiger partial charge on any atom is -0.161 e. The molecule has 2 rings (SSSR count). The second-order valence-electron chi connectivity index (χ2n) is 2.91. The summed E-state index contributed by atoms with van der Waals surface area (Å²) in [6, 6.07) is 4.77. The highest BCUT2D eigenvalue weighted by atomic mass is 35.5. The first-order valence-electron chi connectivity index (χ1n) is 3.83. The van der Waals surface area contributed by atoms with E-state index in [0.29, 0.717) is 21.0 Å². The molecule has 0 nitrogen and oxygen atoms in total. The van der Waals surface area contributed by atoms with E-state index < -0.39 is 0 Å². The molecule has 1 saturated heterocycles. The Bertz CT molecular complexity index is 334. The Morgan fingerprint density at radius 2 is 1.92 bits per heavy atom. The monoisotopic (exact) mass is 251 g/mol. The van der Waals surface area contributed by atoms with Crippen LogP contribution in [0.5, 0.6) is 0 Å². The summed E-state index contributed by atoms with van der Waals surface area (Å²) < 4.78 is 0. The Hall–Kier alpha value is 0.440. The molecule has 0 aliphatic carbocycles. The average Bonchev–Trinajstić information content (AvgIpc) is 2.03. The lowest BCUT2D eigenvalue weighted by Crippen LogP contribution is -2.16. The first-order chi connectivity index (χ1) is 6.20. The van der Waals surface area contributed by atoms with Crippen molar-refractivity contribution in [1.82, 2.24) is 0 Å². The molecule has 0 spiro atoms. The molecular weight excluding hydrogens is 247 g/mol. The Morgan fingerprint density at radius 3 is 2.46 bits per heavy atom. The maximum absolute atomic E-state index is 6.05. The van der Waals surface area contributed by atoms with Gasteiger partial charge < -0.3 is 0 Å². The molecule has 1 aliphatic rings. The van der Waals surface area contributed by atoms with Crippen LogP contribution in [0, 0.1) is 6.07 Å². The molecule has 0 saturated carbocycles. The van der Waals surface area contributed by atoms with E-state index in [1.807, 2.05) is 11.8 Å². The van der Waals surface area contributed by atoms with Gasteiger partial charge in [0, 0.05) is 17.4 Å². The quantitative estimate of drug-likeness (QED) is 0.672. The zero-order valence-corrected chi connectivity index (χ0v) is 9.70. The van der Waals surface area contributed by atoms with Gasteiger partial charge in [-0.25, -0.2) is 0 Å². The van der Waals surface area contributed by atoms with E-state index in [1.165, 1.54) is 0 Å². The van der Waals surface area contributed by atoms with Crippen molar-refractivity contribution in [1.29, 1.82) is 0 Å². The molecule has 13 heavy (non-hydrogen) atoms.